The van der Waals surface area contributed by atoms with Crippen LogP contribution in [0, 0.1) is 23.2 Å². The molecule has 5 nitrogen and oxygen atoms in total. The third-order valence-corrected chi connectivity index (χ3v) is 5.11. The Morgan fingerprint density at radius 3 is 2.71 bits per heavy atom. The number of pyridine rings is 1. The number of rotatable bonds is 5. The van der Waals surface area contributed by atoms with Gasteiger partial charge < -0.3 is 4.90 Å². The molecule has 1 aliphatic heterocycles. The summed E-state index contributed by atoms with van der Waals surface area (Å²) in [7, 11) is 0. The van der Waals surface area contributed by atoms with E-state index >= 15 is 0 Å². The molecule has 0 spiro atoms. The second-order valence-electron chi connectivity index (χ2n) is 7.74. The molecule has 1 fully saturated rings. The van der Waals surface area contributed by atoms with E-state index in [1.165, 1.54) is 0 Å². The van der Waals surface area contributed by atoms with E-state index in [1.54, 1.807) is 29.3 Å². The minimum Gasteiger partial charge on any atom is -0.338 e. The largest absolute Gasteiger partial charge is 0.338 e. The van der Waals surface area contributed by atoms with Crippen LogP contribution in [-0.4, -0.2) is 34.7 Å². The van der Waals surface area contributed by atoms with Crippen molar-refractivity contribution in [3.8, 4) is 17.3 Å². The molecule has 2 aromatic rings. The number of carbonyl (C=O) groups is 2. The standard InChI is InChI=1S/C23H25N3O2/c1-16(2)12-22(27)19-7-5-11-26(15-19)23(28)18-9-10-21(25-14-18)20-8-4-3-6-17(20)13-24/h3-4,6,8-10,14,16,19H,5,7,11-12,15H2,1-2H3. The highest BCUT2D eigenvalue weighted by Crippen LogP contribution is 2.24. The first-order chi connectivity index (χ1) is 13.5. The van der Waals surface area contributed by atoms with Gasteiger partial charge in [0.2, 0.25) is 0 Å². The van der Waals surface area contributed by atoms with Gasteiger partial charge in [-0.05, 0) is 37.0 Å². The Balaban J connectivity index is 1.72. The first-order valence-corrected chi connectivity index (χ1v) is 9.77. The molecule has 0 saturated carbocycles. The Morgan fingerprint density at radius 1 is 1.25 bits per heavy atom. The van der Waals surface area contributed by atoms with Crippen molar-refractivity contribution in [2.75, 3.05) is 13.1 Å². The lowest BCUT2D eigenvalue weighted by atomic mass is 9.89. The molecule has 1 aromatic carbocycles. The van der Waals surface area contributed by atoms with E-state index in [-0.39, 0.29) is 17.6 Å². The number of Topliss-reactive ketones (excluding diaryl/α,β-unsaturated/α-hetero) is 1. The molecule has 0 radical (unpaired) electrons. The summed E-state index contributed by atoms with van der Waals surface area (Å²) >= 11 is 0. The first-order valence-electron chi connectivity index (χ1n) is 9.77. The molecule has 3 rings (SSSR count). The maximum Gasteiger partial charge on any atom is 0.255 e. The van der Waals surface area contributed by atoms with Crippen LogP contribution in [0.15, 0.2) is 42.6 Å². The van der Waals surface area contributed by atoms with Crippen molar-refractivity contribution in [3.05, 3.63) is 53.7 Å². The van der Waals surface area contributed by atoms with Crippen LogP contribution < -0.4 is 0 Å². The molecule has 5 heteroatoms. The number of ketones is 1. The van der Waals surface area contributed by atoms with Gasteiger partial charge in [0.1, 0.15) is 5.78 Å². The van der Waals surface area contributed by atoms with Gasteiger partial charge in [-0.2, -0.15) is 5.26 Å². The number of benzene rings is 1. The minimum absolute atomic E-state index is 0.0603. The van der Waals surface area contributed by atoms with E-state index in [9.17, 15) is 14.9 Å². The molecule has 0 bridgehead atoms. The number of amides is 1. The minimum atomic E-state index is -0.0883. The molecule has 1 saturated heterocycles. The van der Waals surface area contributed by atoms with Crippen LogP contribution in [0.1, 0.15) is 49.0 Å². The average molecular weight is 375 g/mol. The SMILES string of the molecule is CC(C)CC(=O)C1CCCN(C(=O)c2ccc(-c3ccccc3C#N)nc2)C1. The molecular weight excluding hydrogens is 350 g/mol. The molecule has 144 valence electrons. The smallest absolute Gasteiger partial charge is 0.255 e. The van der Waals surface area contributed by atoms with Crippen LogP contribution >= 0.6 is 0 Å². The Labute approximate surface area is 166 Å². The van der Waals surface area contributed by atoms with Gasteiger partial charge in [0.15, 0.2) is 0 Å². The Morgan fingerprint density at radius 2 is 2.04 bits per heavy atom. The fraction of sp³-hybridized carbons (Fsp3) is 0.391. The van der Waals surface area contributed by atoms with Crippen LogP contribution in [-0.2, 0) is 4.79 Å². The summed E-state index contributed by atoms with van der Waals surface area (Å²) in [4.78, 5) is 31.5. The molecule has 28 heavy (non-hydrogen) atoms. The van der Waals surface area contributed by atoms with Crippen molar-refractivity contribution in [2.45, 2.75) is 33.1 Å². The molecule has 1 aliphatic rings. The fourth-order valence-electron chi connectivity index (χ4n) is 3.66. The lowest BCUT2D eigenvalue weighted by Gasteiger charge is -2.32. The number of piperidine rings is 1. The van der Waals surface area contributed by atoms with E-state index in [2.05, 4.69) is 11.1 Å². The number of hydrogen-bond donors (Lipinski definition) is 0. The maximum atomic E-state index is 12.9. The summed E-state index contributed by atoms with van der Waals surface area (Å²) in [5.41, 5.74) is 2.48. The van der Waals surface area contributed by atoms with Crippen molar-refractivity contribution < 1.29 is 9.59 Å². The fourth-order valence-corrected chi connectivity index (χ4v) is 3.66. The summed E-state index contributed by atoms with van der Waals surface area (Å²) < 4.78 is 0. The number of nitrogens with zero attached hydrogens (tertiary/aromatic N) is 3. The zero-order valence-electron chi connectivity index (χ0n) is 16.4. The number of carbonyl (C=O) groups excluding carboxylic acids is 2. The number of hydrogen-bond acceptors (Lipinski definition) is 4. The van der Waals surface area contributed by atoms with Crippen LogP contribution in [0.3, 0.4) is 0 Å². The van der Waals surface area contributed by atoms with Gasteiger partial charge in [-0.1, -0.05) is 32.0 Å². The summed E-state index contributed by atoms with van der Waals surface area (Å²) in [6.07, 6.45) is 3.84. The van der Waals surface area contributed by atoms with Gasteiger partial charge in [0.05, 0.1) is 22.9 Å². The summed E-state index contributed by atoms with van der Waals surface area (Å²) in [6, 6.07) is 13.0. The third kappa shape index (κ3) is 4.45. The molecule has 0 N–H and O–H groups in total. The van der Waals surface area contributed by atoms with E-state index in [1.807, 2.05) is 32.0 Å². The van der Waals surface area contributed by atoms with E-state index in [4.69, 9.17) is 0 Å². The Hall–Kier alpha value is -3.00. The summed E-state index contributed by atoms with van der Waals surface area (Å²) in [5.74, 6) is 0.449. The van der Waals surface area contributed by atoms with Crippen molar-refractivity contribution >= 4 is 11.7 Å². The number of likely N-dealkylation sites (tertiary alicyclic amines) is 1. The maximum absolute atomic E-state index is 12.9. The zero-order valence-corrected chi connectivity index (χ0v) is 16.4. The molecule has 0 aliphatic carbocycles. The van der Waals surface area contributed by atoms with E-state index in [0.29, 0.717) is 42.2 Å². The Kier molecular flexibility index (Phi) is 6.20. The lowest BCUT2D eigenvalue weighted by Crippen LogP contribution is -2.42. The normalized spacial score (nSPS) is 16.6. The zero-order chi connectivity index (χ0) is 20.1. The van der Waals surface area contributed by atoms with E-state index in [0.717, 1.165) is 18.4 Å². The number of aromatic nitrogens is 1. The predicted molar refractivity (Wildman–Crippen MR) is 107 cm³/mol. The highest BCUT2D eigenvalue weighted by atomic mass is 16.2. The van der Waals surface area contributed by atoms with Gasteiger partial charge in [0, 0.05) is 37.2 Å². The quantitative estimate of drug-likeness (QED) is 0.789. The van der Waals surface area contributed by atoms with Gasteiger partial charge in [-0.15, -0.1) is 0 Å². The average Bonchev–Trinajstić information content (AvgIpc) is 2.73. The Bertz CT molecular complexity index is 897. The second kappa shape index (κ2) is 8.79. The lowest BCUT2D eigenvalue weighted by molar-refractivity contribution is -0.124. The monoisotopic (exact) mass is 375 g/mol. The van der Waals surface area contributed by atoms with Crippen molar-refractivity contribution in [1.29, 1.82) is 5.26 Å². The van der Waals surface area contributed by atoms with E-state index < -0.39 is 0 Å². The second-order valence-corrected chi connectivity index (χ2v) is 7.74. The molecular formula is C23H25N3O2. The van der Waals surface area contributed by atoms with Crippen LogP contribution in [0.4, 0.5) is 0 Å². The van der Waals surface area contributed by atoms with Gasteiger partial charge in [0.25, 0.3) is 5.91 Å². The van der Waals surface area contributed by atoms with Gasteiger partial charge >= 0.3 is 0 Å². The van der Waals surface area contributed by atoms with Gasteiger partial charge in [-0.3, -0.25) is 14.6 Å². The summed E-state index contributed by atoms with van der Waals surface area (Å²) in [5, 5.41) is 9.25. The van der Waals surface area contributed by atoms with Crippen LogP contribution in [0.2, 0.25) is 0 Å². The molecule has 1 atom stereocenters. The van der Waals surface area contributed by atoms with Crippen molar-refractivity contribution in [2.24, 2.45) is 11.8 Å². The highest BCUT2D eigenvalue weighted by molar-refractivity contribution is 5.95. The van der Waals surface area contributed by atoms with Crippen molar-refractivity contribution in [1.82, 2.24) is 9.88 Å². The molecule has 1 aromatic heterocycles. The van der Waals surface area contributed by atoms with Crippen LogP contribution in [0.5, 0.6) is 0 Å². The molecule has 1 amide bonds. The highest BCUT2D eigenvalue weighted by Gasteiger charge is 2.29. The molecule has 1 unspecified atom stereocenters. The topological polar surface area (TPSA) is 74.1 Å². The summed E-state index contributed by atoms with van der Waals surface area (Å²) in [6.45, 7) is 5.25. The van der Waals surface area contributed by atoms with Crippen molar-refractivity contribution in [3.63, 3.8) is 0 Å². The van der Waals surface area contributed by atoms with Crippen LogP contribution in [0.25, 0.3) is 11.3 Å². The first kappa shape index (κ1) is 19.8. The third-order valence-electron chi connectivity index (χ3n) is 5.11. The number of nitriles is 1. The predicted octanol–water partition coefficient (Wildman–Crippen LogP) is 4.09. The molecule has 2 heterocycles. The van der Waals surface area contributed by atoms with Gasteiger partial charge in [-0.25, -0.2) is 0 Å².